The maximum absolute atomic E-state index is 12.6. The lowest BCUT2D eigenvalue weighted by molar-refractivity contribution is -0.143. The number of carboxylic acids is 1. The summed E-state index contributed by atoms with van der Waals surface area (Å²) in [5.41, 5.74) is 1.45. The van der Waals surface area contributed by atoms with Gasteiger partial charge in [0, 0.05) is 12.0 Å². The van der Waals surface area contributed by atoms with Gasteiger partial charge in [-0.1, -0.05) is 6.42 Å². The zero-order valence-electron chi connectivity index (χ0n) is 13.7. The van der Waals surface area contributed by atoms with Gasteiger partial charge in [-0.3, -0.25) is 9.59 Å². The third-order valence-corrected chi connectivity index (χ3v) is 5.40. The Morgan fingerprint density at radius 3 is 2.79 bits per heavy atom. The molecule has 1 aromatic carbocycles. The first-order valence-electron chi connectivity index (χ1n) is 7.96. The normalized spacial score (nSPS) is 20.8. The number of fused-ring (bicyclic) bond motifs is 1. The van der Waals surface area contributed by atoms with Crippen molar-refractivity contribution in [3.63, 3.8) is 0 Å². The van der Waals surface area contributed by atoms with Gasteiger partial charge in [-0.15, -0.1) is 11.3 Å². The van der Waals surface area contributed by atoms with Gasteiger partial charge in [-0.05, 0) is 32.3 Å². The van der Waals surface area contributed by atoms with E-state index in [9.17, 15) is 14.7 Å². The molecule has 128 valence electrons. The maximum Gasteiger partial charge on any atom is 0.306 e. The van der Waals surface area contributed by atoms with E-state index in [1.807, 2.05) is 19.1 Å². The van der Waals surface area contributed by atoms with Crippen LogP contribution in [-0.2, 0) is 9.59 Å². The number of carbonyl (C=O) groups excluding carboxylic acids is 1. The second-order valence-electron chi connectivity index (χ2n) is 6.14. The van der Waals surface area contributed by atoms with Crippen LogP contribution in [0.25, 0.3) is 10.2 Å². The summed E-state index contributed by atoms with van der Waals surface area (Å²) in [7, 11) is 1.55. The predicted molar refractivity (Wildman–Crippen MR) is 92.6 cm³/mol. The van der Waals surface area contributed by atoms with Crippen LogP contribution >= 0.6 is 11.3 Å². The number of ether oxygens (including phenoxy) is 1. The Morgan fingerprint density at radius 2 is 2.08 bits per heavy atom. The minimum absolute atomic E-state index is 0.139. The Bertz CT molecular complexity index is 786. The molecule has 0 saturated heterocycles. The molecule has 24 heavy (non-hydrogen) atoms. The molecule has 6 nitrogen and oxygen atoms in total. The Hall–Kier alpha value is -2.15. The molecular weight excluding hydrogens is 328 g/mol. The number of thiazole rings is 1. The quantitative estimate of drug-likeness (QED) is 0.883. The average molecular weight is 348 g/mol. The van der Waals surface area contributed by atoms with E-state index >= 15 is 0 Å². The second kappa shape index (κ2) is 6.76. The first kappa shape index (κ1) is 16.7. The number of carboxylic acid groups (broad SMARTS) is 1. The van der Waals surface area contributed by atoms with Crippen LogP contribution in [0.4, 0.5) is 5.69 Å². The summed E-state index contributed by atoms with van der Waals surface area (Å²) in [4.78, 5) is 28.2. The molecule has 0 spiro atoms. The number of benzene rings is 1. The lowest BCUT2D eigenvalue weighted by Gasteiger charge is -2.26. The zero-order chi connectivity index (χ0) is 17.3. The van der Waals surface area contributed by atoms with Crippen molar-refractivity contribution >= 4 is 39.1 Å². The monoisotopic (exact) mass is 348 g/mol. The molecule has 2 N–H and O–H groups in total. The van der Waals surface area contributed by atoms with Crippen molar-refractivity contribution < 1.29 is 19.4 Å². The van der Waals surface area contributed by atoms with Crippen molar-refractivity contribution in [2.24, 2.45) is 11.8 Å². The molecule has 3 rings (SSSR count). The number of hydrogen-bond acceptors (Lipinski definition) is 5. The summed E-state index contributed by atoms with van der Waals surface area (Å²) in [6.45, 7) is 1.93. The molecule has 1 amide bonds. The minimum atomic E-state index is -0.813. The molecule has 1 aliphatic rings. The number of aliphatic carboxylic acids is 1. The average Bonchev–Trinajstić information content (AvgIpc) is 2.93. The SMILES string of the molecule is COc1cc2nc(C)sc2cc1NC(=O)C1CCCC(C(=O)O)C1. The van der Waals surface area contributed by atoms with Crippen molar-refractivity contribution in [2.75, 3.05) is 12.4 Å². The van der Waals surface area contributed by atoms with E-state index in [1.165, 1.54) is 0 Å². The second-order valence-corrected chi connectivity index (χ2v) is 7.38. The molecule has 0 aliphatic heterocycles. The fourth-order valence-corrected chi connectivity index (χ4v) is 4.07. The summed E-state index contributed by atoms with van der Waals surface area (Å²) in [6.07, 6.45) is 2.53. The van der Waals surface area contributed by atoms with Gasteiger partial charge in [0.25, 0.3) is 0 Å². The Labute approximate surface area is 143 Å². The fraction of sp³-hybridized carbons (Fsp3) is 0.471. The van der Waals surface area contributed by atoms with Crippen molar-refractivity contribution in [2.45, 2.75) is 32.6 Å². The highest BCUT2D eigenvalue weighted by molar-refractivity contribution is 7.18. The van der Waals surface area contributed by atoms with Crippen LogP contribution < -0.4 is 10.1 Å². The maximum atomic E-state index is 12.6. The van der Waals surface area contributed by atoms with Crippen LogP contribution in [0.15, 0.2) is 12.1 Å². The van der Waals surface area contributed by atoms with E-state index in [-0.39, 0.29) is 11.8 Å². The molecule has 2 unspecified atom stereocenters. The molecule has 0 radical (unpaired) electrons. The lowest BCUT2D eigenvalue weighted by atomic mass is 9.81. The Balaban J connectivity index is 1.80. The molecule has 2 aromatic rings. The Kier molecular flexibility index (Phi) is 4.71. The number of rotatable bonds is 4. The zero-order valence-corrected chi connectivity index (χ0v) is 14.5. The van der Waals surface area contributed by atoms with Crippen LogP contribution in [0.3, 0.4) is 0 Å². The van der Waals surface area contributed by atoms with Crippen molar-refractivity contribution in [3.8, 4) is 5.75 Å². The molecule has 1 aromatic heterocycles. The summed E-state index contributed by atoms with van der Waals surface area (Å²) in [6, 6.07) is 3.68. The van der Waals surface area contributed by atoms with E-state index in [0.717, 1.165) is 28.1 Å². The van der Waals surface area contributed by atoms with E-state index in [4.69, 9.17) is 4.74 Å². The van der Waals surface area contributed by atoms with Gasteiger partial charge in [-0.2, -0.15) is 0 Å². The van der Waals surface area contributed by atoms with Crippen LogP contribution in [0.5, 0.6) is 5.75 Å². The molecule has 0 bridgehead atoms. The highest BCUT2D eigenvalue weighted by atomic mass is 32.1. The van der Waals surface area contributed by atoms with Crippen LogP contribution in [-0.4, -0.2) is 29.1 Å². The van der Waals surface area contributed by atoms with Gasteiger partial charge in [0.1, 0.15) is 5.75 Å². The van der Waals surface area contributed by atoms with Gasteiger partial charge in [0.2, 0.25) is 5.91 Å². The van der Waals surface area contributed by atoms with E-state index in [1.54, 1.807) is 18.4 Å². The number of amides is 1. The van der Waals surface area contributed by atoms with E-state index < -0.39 is 11.9 Å². The molecule has 1 aliphatic carbocycles. The van der Waals surface area contributed by atoms with E-state index in [2.05, 4.69) is 10.3 Å². The van der Waals surface area contributed by atoms with Crippen molar-refractivity contribution in [1.82, 2.24) is 4.98 Å². The predicted octanol–water partition coefficient (Wildman–Crippen LogP) is 3.44. The van der Waals surface area contributed by atoms with Crippen molar-refractivity contribution in [1.29, 1.82) is 0 Å². The van der Waals surface area contributed by atoms with Crippen LogP contribution in [0, 0.1) is 18.8 Å². The number of methoxy groups -OCH3 is 1. The first-order valence-corrected chi connectivity index (χ1v) is 8.78. The molecule has 2 atom stereocenters. The molecule has 1 heterocycles. The summed E-state index contributed by atoms with van der Waals surface area (Å²) in [5.74, 6) is -1.09. The largest absolute Gasteiger partial charge is 0.494 e. The van der Waals surface area contributed by atoms with Crippen molar-refractivity contribution in [3.05, 3.63) is 17.1 Å². The standard InChI is InChI=1S/C17H20N2O4S/c1-9-18-13-7-14(23-2)12(8-15(13)24-9)19-16(20)10-4-3-5-11(6-10)17(21)22/h7-8,10-11H,3-6H2,1-2H3,(H,19,20)(H,21,22). The third-order valence-electron chi connectivity index (χ3n) is 4.47. The minimum Gasteiger partial charge on any atom is -0.494 e. The number of anilines is 1. The molecule has 1 fully saturated rings. The van der Waals surface area contributed by atoms with Crippen LogP contribution in [0.2, 0.25) is 0 Å². The van der Waals surface area contributed by atoms with Crippen LogP contribution in [0.1, 0.15) is 30.7 Å². The summed E-state index contributed by atoms with van der Waals surface area (Å²) < 4.78 is 6.35. The highest BCUT2D eigenvalue weighted by Gasteiger charge is 2.31. The van der Waals surface area contributed by atoms with Gasteiger partial charge >= 0.3 is 5.97 Å². The number of nitrogens with one attached hydrogen (secondary N) is 1. The molecular formula is C17H20N2O4S. The summed E-state index contributed by atoms with van der Waals surface area (Å²) in [5, 5.41) is 13.0. The highest BCUT2D eigenvalue weighted by Crippen LogP contribution is 2.35. The number of carbonyl (C=O) groups is 2. The number of aromatic nitrogens is 1. The number of hydrogen-bond donors (Lipinski definition) is 2. The molecule has 7 heteroatoms. The van der Waals surface area contributed by atoms with E-state index in [0.29, 0.717) is 24.3 Å². The van der Waals surface area contributed by atoms with Gasteiger partial charge < -0.3 is 15.2 Å². The van der Waals surface area contributed by atoms with Gasteiger partial charge in [-0.25, -0.2) is 4.98 Å². The Morgan fingerprint density at radius 1 is 1.33 bits per heavy atom. The smallest absolute Gasteiger partial charge is 0.306 e. The topological polar surface area (TPSA) is 88.5 Å². The molecule has 1 saturated carbocycles. The number of aryl methyl sites for hydroxylation is 1. The third kappa shape index (κ3) is 3.36. The fourth-order valence-electron chi connectivity index (χ4n) is 3.22. The first-order chi connectivity index (χ1) is 11.5. The number of nitrogens with zero attached hydrogens (tertiary/aromatic N) is 1. The van der Waals surface area contributed by atoms with Gasteiger partial charge in [0.15, 0.2) is 0 Å². The van der Waals surface area contributed by atoms with Gasteiger partial charge in [0.05, 0.1) is 33.9 Å². The summed E-state index contributed by atoms with van der Waals surface area (Å²) >= 11 is 1.56. The lowest BCUT2D eigenvalue weighted by Crippen LogP contribution is -2.31.